The second kappa shape index (κ2) is 9.69. The first-order valence-electron chi connectivity index (χ1n) is 19.0. The number of fused-ring (bicyclic) bond motifs is 7. The molecule has 2 heteroatoms. The summed E-state index contributed by atoms with van der Waals surface area (Å²) in [6.45, 7) is 0. The van der Waals surface area contributed by atoms with Crippen LogP contribution in [0.5, 0.6) is 0 Å². The van der Waals surface area contributed by atoms with Crippen molar-refractivity contribution in [1.29, 1.82) is 0 Å². The summed E-state index contributed by atoms with van der Waals surface area (Å²) in [5, 5.41) is 5.42. The molecule has 0 radical (unpaired) electrons. The molecule has 0 bridgehead atoms. The summed E-state index contributed by atoms with van der Waals surface area (Å²) < 4.78 is 83.9. The van der Waals surface area contributed by atoms with E-state index >= 15 is 0 Å². The molecular weight excluding hydrogens is 560 g/mol. The lowest BCUT2D eigenvalue weighted by atomic mass is 9.86. The van der Waals surface area contributed by atoms with Crippen molar-refractivity contribution in [3.05, 3.63) is 158 Å². The van der Waals surface area contributed by atoms with Crippen molar-refractivity contribution in [1.82, 2.24) is 0 Å². The first kappa shape index (κ1) is 18.6. The molecule has 2 aromatic heterocycles. The van der Waals surface area contributed by atoms with Gasteiger partial charge in [0.1, 0.15) is 16.7 Å². The van der Waals surface area contributed by atoms with Crippen LogP contribution in [0.2, 0.25) is 0 Å². The fraction of sp³-hybridized carbons (Fsp3) is 0. The molecule has 0 fully saturated rings. The molecule has 214 valence electrons. The van der Waals surface area contributed by atoms with E-state index in [1.165, 1.54) is 0 Å². The van der Waals surface area contributed by atoms with Crippen molar-refractivity contribution < 1.29 is 19.8 Å². The number of rotatable bonds is 3. The highest BCUT2D eigenvalue weighted by Gasteiger charge is 2.19. The fourth-order valence-electron chi connectivity index (χ4n) is 6.84. The lowest BCUT2D eigenvalue weighted by molar-refractivity contribution is 0.617. The second-order valence-electron chi connectivity index (χ2n) is 11.5. The van der Waals surface area contributed by atoms with E-state index in [0.29, 0.717) is 33.4 Å². The molecule has 0 aliphatic heterocycles. The normalized spacial score (nSPS) is 14.3. The van der Waals surface area contributed by atoms with E-state index in [2.05, 4.69) is 30.3 Å². The fourth-order valence-corrected chi connectivity index (χ4v) is 6.84. The van der Waals surface area contributed by atoms with Crippen molar-refractivity contribution >= 4 is 65.2 Å². The Morgan fingerprint density at radius 1 is 0.413 bits per heavy atom. The quantitative estimate of drug-likeness (QED) is 0.190. The number of hydrogen-bond donors (Lipinski definition) is 0. The predicted molar refractivity (Wildman–Crippen MR) is 192 cm³/mol. The van der Waals surface area contributed by atoms with E-state index in [1.54, 1.807) is 36.6 Å². The molecule has 0 N–H and O–H groups in total. The van der Waals surface area contributed by atoms with E-state index in [-0.39, 0.29) is 51.3 Å². The maximum atomic E-state index is 9.20. The van der Waals surface area contributed by atoms with Crippen molar-refractivity contribution in [2.24, 2.45) is 0 Å². The third-order valence-electron chi connectivity index (χ3n) is 8.95. The Kier molecular flexibility index (Phi) is 3.92. The van der Waals surface area contributed by atoms with E-state index < -0.39 is 24.2 Å². The molecule has 0 aliphatic carbocycles. The highest BCUT2D eigenvalue weighted by molar-refractivity contribution is 6.22. The molecular formula is C44H26O2. The average molecular weight is 595 g/mol. The van der Waals surface area contributed by atoms with Crippen LogP contribution in [0.4, 0.5) is 0 Å². The summed E-state index contributed by atoms with van der Waals surface area (Å²) in [4.78, 5) is 0. The van der Waals surface area contributed by atoms with Gasteiger partial charge in [-0.25, -0.2) is 0 Å². The molecule has 0 atom stereocenters. The molecule has 0 unspecified atom stereocenters. The standard InChI is InChI=1S/C44H26O2/c1-2-11-28(12-3-1)43-33-14-6-8-16-35(33)44(36-17-9-7-15-34(36)43)31-20-21-32-37-24-40-38(25-42(37)46-41(32)23-31)39(26-45-40)30-19-18-27-10-4-5-13-29(27)22-30/h1-26H/i6D,7D,8D,9D,14D,15D,16D,17D. The number of furan rings is 2. The maximum Gasteiger partial charge on any atom is 0.136 e. The van der Waals surface area contributed by atoms with Gasteiger partial charge in [0.2, 0.25) is 0 Å². The number of benzene rings is 8. The average Bonchev–Trinajstić information content (AvgIpc) is 3.78. The van der Waals surface area contributed by atoms with Gasteiger partial charge in [0.15, 0.2) is 0 Å². The van der Waals surface area contributed by atoms with Crippen LogP contribution in [0.25, 0.3) is 98.6 Å². The zero-order valence-electron chi connectivity index (χ0n) is 32.2. The first-order valence-corrected chi connectivity index (χ1v) is 15.0. The van der Waals surface area contributed by atoms with Gasteiger partial charge in [0, 0.05) is 21.7 Å². The van der Waals surface area contributed by atoms with Gasteiger partial charge in [-0.05, 0) is 90.5 Å². The van der Waals surface area contributed by atoms with Crippen molar-refractivity contribution in [2.45, 2.75) is 0 Å². The maximum absolute atomic E-state index is 9.20. The van der Waals surface area contributed by atoms with Gasteiger partial charge in [-0.1, -0.05) is 121 Å². The molecule has 0 saturated heterocycles. The summed E-state index contributed by atoms with van der Waals surface area (Å²) in [7, 11) is 0. The summed E-state index contributed by atoms with van der Waals surface area (Å²) in [5.41, 5.74) is 5.38. The first-order chi connectivity index (χ1) is 26.1. The highest BCUT2D eigenvalue weighted by atomic mass is 16.3. The molecule has 0 amide bonds. The Hall–Kier alpha value is -6.12. The largest absolute Gasteiger partial charge is 0.464 e. The minimum absolute atomic E-state index is 0.158. The molecule has 0 saturated carbocycles. The van der Waals surface area contributed by atoms with Crippen LogP contribution >= 0.6 is 0 Å². The highest BCUT2D eigenvalue weighted by Crippen LogP contribution is 2.45. The van der Waals surface area contributed by atoms with Crippen molar-refractivity contribution in [3.63, 3.8) is 0 Å². The Bertz CT molecular complexity index is 3170. The molecule has 2 heterocycles. The van der Waals surface area contributed by atoms with E-state index in [4.69, 9.17) is 17.1 Å². The Labute approximate surface area is 276 Å². The Balaban J connectivity index is 1.28. The summed E-state index contributed by atoms with van der Waals surface area (Å²) in [6, 6.07) is 29.8. The summed E-state index contributed by atoms with van der Waals surface area (Å²) in [6.07, 6.45) is 1.76. The molecule has 10 aromatic rings. The van der Waals surface area contributed by atoms with Crippen LogP contribution in [0.15, 0.2) is 167 Å². The Morgan fingerprint density at radius 2 is 1.02 bits per heavy atom. The predicted octanol–water partition coefficient (Wildman–Crippen LogP) is 12.8. The summed E-state index contributed by atoms with van der Waals surface area (Å²) in [5.74, 6) is 0. The lowest BCUT2D eigenvalue weighted by Crippen LogP contribution is -1.90. The molecule has 0 spiro atoms. The van der Waals surface area contributed by atoms with E-state index in [0.717, 1.165) is 38.1 Å². The molecule has 2 nitrogen and oxygen atoms in total. The minimum atomic E-state index is -0.442. The van der Waals surface area contributed by atoms with Gasteiger partial charge in [-0.15, -0.1) is 0 Å². The third kappa shape index (κ3) is 3.71. The van der Waals surface area contributed by atoms with Gasteiger partial charge in [0.05, 0.1) is 17.2 Å². The van der Waals surface area contributed by atoms with Crippen LogP contribution in [0.3, 0.4) is 0 Å². The van der Waals surface area contributed by atoms with Crippen LogP contribution in [0.1, 0.15) is 11.0 Å². The van der Waals surface area contributed by atoms with Crippen LogP contribution in [-0.2, 0) is 0 Å². The molecule has 8 aromatic carbocycles. The van der Waals surface area contributed by atoms with Crippen molar-refractivity contribution in [3.8, 4) is 33.4 Å². The van der Waals surface area contributed by atoms with Gasteiger partial charge in [0.25, 0.3) is 0 Å². The van der Waals surface area contributed by atoms with Crippen LogP contribution in [0, 0.1) is 0 Å². The smallest absolute Gasteiger partial charge is 0.136 e. The SMILES string of the molecule is [2H]c1c([2H])c([2H])c2c(-c3ccc4c(c3)oc3cc5c(-c6ccc7ccccc7c6)coc5cc34)c3c([2H])c([2H])c([2H])c([2H])c3c(-c3ccccc3)c2c1[2H]. The topological polar surface area (TPSA) is 26.3 Å². The monoisotopic (exact) mass is 594 g/mol. The van der Waals surface area contributed by atoms with Gasteiger partial charge in [-0.2, -0.15) is 0 Å². The van der Waals surface area contributed by atoms with Gasteiger partial charge < -0.3 is 8.83 Å². The lowest BCUT2D eigenvalue weighted by Gasteiger charge is -2.17. The molecule has 0 aliphatic rings. The van der Waals surface area contributed by atoms with Gasteiger partial charge in [-0.3, -0.25) is 0 Å². The van der Waals surface area contributed by atoms with Crippen LogP contribution < -0.4 is 0 Å². The molecule has 10 rings (SSSR count). The molecule has 46 heavy (non-hydrogen) atoms. The van der Waals surface area contributed by atoms with Gasteiger partial charge >= 0.3 is 0 Å². The minimum Gasteiger partial charge on any atom is -0.464 e. The third-order valence-corrected chi connectivity index (χ3v) is 8.95. The van der Waals surface area contributed by atoms with E-state index in [9.17, 15) is 2.74 Å². The zero-order valence-corrected chi connectivity index (χ0v) is 24.2. The number of hydrogen-bond acceptors (Lipinski definition) is 2. The zero-order chi connectivity index (χ0) is 37.2. The Morgan fingerprint density at radius 3 is 1.76 bits per heavy atom. The van der Waals surface area contributed by atoms with Crippen LogP contribution in [-0.4, -0.2) is 0 Å². The summed E-state index contributed by atoms with van der Waals surface area (Å²) >= 11 is 0. The second-order valence-corrected chi connectivity index (χ2v) is 11.5. The van der Waals surface area contributed by atoms with Crippen molar-refractivity contribution in [2.75, 3.05) is 0 Å². The van der Waals surface area contributed by atoms with E-state index in [1.807, 2.05) is 42.5 Å².